The molecule has 0 saturated carbocycles. The molecule has 0 bridgehead atoms. The summed E-state index contributed by atoms with van der Waals surface area (Å²) in [5.74, 6) is -0.214. The lowest BCUT2D eigenvalue weighted by atomic mass is 10.1. The molecule has 0 radical (unpaired) electrons. The van der Waals surface area contributed by atoms with E-state index in [0.29, 0.717) is 37.6 Å². The number of pyridine rings is 1. The number of hydrogen-bond donors (Lipinski definition) is 0. The lowest BCUT2D eigenvalue weighted by Crippen LogP contribution is -2.49. The fraction of sp³-hybridized carbons (Fsp3) is 0.350. The average molecular weight is 407 g/mol. The van der Waals surface area contributed by atoms with E-state index in [0.717, 1.165) is 12.1 Å². The molecule has 0 atom stereocenters. The van der Waals surface area contributed by atoms with Gasteiger partial charge in [-0.1, -0.05) is 6.07 Å². The van der Waals surface area contributed by atoms with Gasteiger partial charge in [-0.2, -0.15) is 13.2 Å². The van der Waals surface area contributed by atoms with Crippen LogP contribution in [0.2, 0.25) is 0 Å². The molecule has 3 rings (SSSR count). The highest BCUT2D eigenvalue weighted by molar-refractivity contribution is 5.94. The minimum atomic E-state index is -4.49. The van der Waals surface area contributed by atoms with Crippen molar-refractivity contribution in [1.82, 2.24) is 9.88 Å². The summed E-state index contributed by atoms with van der Waals surface area (Å²) < 4.78 is 43.5. The number of amides is 1. The van der Waals surface area contributed by atoms with Crippen molar-refractivity contribution in [2.24, 2.45) is 0 Å². The Morgan fingerprint density at radius 1 is 1.07 bits per heavy atom. The molecule has 0 N–H and O–H groups in total. The summed E-state index contributed by atoms with van der Waals surface area (Å²) in [6.45, 7) is 3.68. The van der Waals surface area contributed by atoms with Crippen molar-refractivity contribution in [2.45, 2.75) is 13.1 Å². The molecule has 1 aliphatic rings. The van der Waals surface area contributed by atoms with Gasteiger partial charge in [0.05, 0.1) is 17.7 Å². The Morgan fingerprint density at radius 2 is 1.79 bits per heavy atom. The Kier molecular flexibility index (Phi) is 6.05. The van der Waals surface area contributed by atoms with Crippen LogP contribution in [0, 0.1) is 0 Å². The maximum atomic E-state index is 12.9. The van der Waals surface area contributed by atoms with E-state index in [2.05, 4.69) is 4.98 Å². The number of carbonyl (C=O) groups excluding carboxylic acids is 2. The monoisotopic (exact) mass is 407 g/mol. The fourth-order valence-electron chi connectivity index (χ4n) is 3.06. The first-order valence-corrected chi connectivity index (χ1v) is 9.14. The van der Waals surface area contributed by atoms with Gasteiger partial charge < -0.3 is 14.5 Å². The molecule has 2 aromatic rings. The molecule has 6 nitrogen and oxygen atoms in total. The molecular weight excluding hydrogens is 387 g/mol. The van der Waals surface area contributed by atoms with E-state index in [-0.39, 0.29) is 12.2 Å². The average Bonchev–Trinajstić information content (AvgIpc) is 2.73. The van der Waals surface area contributed by atoms with E-state index in [9.17, 15) is 22.8 Å². The van der Waals surface area contributed by atoms with Crippen LogP contribution >= 0.6 is 0 Å². The van der Waals surface area contributed by atoms with Crippen molar-refractivity contribution >= 4 is 17.7 Å². The summed E-state index contributed by atoms with van der Waals surface area (Å²) in [6.07, 6.45) is -3.05. The van der Waals surface area contributed by atoms with Crippen LogP contribution in [-0.4, -0.2) is 54.5 Å². The maximum Gasteiger partial charge on any atom is 0.416 e. The van der Waals surface area contributed by atoms with Crippen molar-refractivity contribution < 1.29 is 27.5 Å². The van der Waals surface area contributed by atoms with E-state index in [1.807, 2.05) is 4.90 Å². The van der Waals surface area contributed by atoms with Crippen molar-refractivity contribution in [3.05, 3.63) is 59.3 Å². The number of alkyl halides is 3. The Hall–Kier alpha value is -3.10. The highest BCUT2D eigenvalue weighted by atomic mass is 19.4. The molecule has 2 heterocycles. The van der Waals surface area contributed by atoms with E-state index < -0.39 is 23.6 Å². The minimum Gasteiger partial charge on any atom is -0.462 e. The molecule has 1 fully saturated rings. The summed E-state index contributed by atoms with van der Waals surface area (Å²) in [7, 11) is 0. The minimum absolute atomic E-state index is 0.0187. The Morgan fingerprint density at radius 3 is 2.38 bits per heavy atom. The number of nitrogens with zero attached hydrogens (tertiary/aromatic N) is 3. The third-order valence-corrected chi connectivity index (χ3v) is 4.59. The number of halogens is 3. The highest BCUT2D eigenvalue weighted by Gasteiger charge is 2.31. The summed E-state index contributed by atoms with van der Waals surface area (Å²) >= 11 is 0. The van der Waals surface area contributed by atoms with Crippen LogP contribution in [0.3, 0.4) is 0 Å². The number of esters is 1. The number of hydrogen-bond acceptors (Lipinski definition) is 5. The number of rotatable bonds is 4. The summed E-state index contributed by atoms with van der Waals surface area (Å²) in [5, 5.41) is 0. The second-order valence-corrected chi connectivity index (χ2v) is 6.48. The van der Waals surface area contributed by atoms with Crippen molar-refractivity contribution in [1.29, 1.82) is 0 Å². The predicted octanol–water partition coefficient (Wildman–Crippen LogP) is 3.24. The zero-order valence-corrected chi connectivity index (χ0v) is 15.8. The first-order valence-electron chi connectivity index (χ1n) is 9.14. The number of carbonyl (C=O) groups is 2. The first kappa shape index (κ1) is 20.6. The zero-order chi connectivity index (χ0) is 21.0. The molecule has 1 aromatic heterocycles. The summed E-state index contributed by atoms with van der Waals surface area (Å²) in [4.78, 5) is 32.0. The topological polar surface area (TPSA) is 62.7 Å². The quantitative estimate of drug-likeness (QED) is 0.729. The SMILES string of the molecule is CCOC(=O)c1ccc(N2CCN(C(=O)c3cccc(C(F)(F)F)c3)CC2)nc1. The van der Waals surface area contributed by atoms with Crippen molar-refractivity contribution in [3.8, 4) is 0 Å². The lowest BCUT2D eigenvalue weighted by molar-refractivity contribution is -0.137. The standard InChI is InChI=1S/C20H20F3N3O3/c1-2-29-19(28)15-6-7-17(24-13-15)25-8-10-26(11-9-25)18(27)14-4-3-5-16(12-14)20(21,22)23/h3-7,12-13H,2,8-11H2,1H3. The lowest BCUT2D eigenvalue weighted by Gasteiger charge is -2.35. The molecule has 1 amide bonds. The van der Waals surface area contributed by atoms with Gasteiger partial charge in [-0.3, -0.25) is 4.79 Å². The van der Waals surface area contributed by atoms with Gasteiger partial charge in [0.2, 0.25) is 0 Å². The van der Waals surface area contributed by atoms with E-state index in [4.69, 9.17) is 4.74 Å². The molecule has 154 valence electrons. The third kappa shape index (κ3) is 4.85. The van der Waals surface area contributed by atoms with Gasteiger partial charge in [-0.15, -0.1) is 0 Å². The second kappa shape index (κ2) is 8.50. The Balaban J connectivity index is 1.62. The van der Waals surface area contributed by atoms with Crippen molar-refractivity contribution in [3.63, 3.8) is 0 Å². The van der Waals surface area contributed by atoms with Gasteiger partial charge in [0, 0.05) is 37.9 Å². The number of piperazine rings is 1. The van der Waals surface area contributed by atoms with Gasteiger partial charge in [0.25, 0.3) is 5.91 Å². The molecule has 9 heteroatoms. The normalized spacial score (nSPS) is 14.6. The van der Waals surface area contributed by atoms with Gasteiger partial charge in [-0.25, -0.2) is 9.78 Å². The molecule has 1 aromatic carbocycles. The third-order valence-electron chi connectivity index (χ3n) is 4.59. The summed E-state index contributed by atoms with van der Waals surface area (Å²) in [6, 6.07) is 7.78. The van der Waals surface area contributed by atoms with Crippen molar-refractivity contribution in [2.75, 3.05) is 37.7 Å². The van der Waals surface area contributed by atoms with Crippen LogP contribution < -0.4 is 4.90 Å². The molecular formula is C20H20F3N3O3. The largest absolute Gasteiger partial charge is 0.462 e. The smallest absolute Gasteiger partial charge is 0.416 e. The van der Waals surface area contributed by atoms with E-state index in [1.54, 1.807) is 19.1 Å². The van der Waals surface area contributed by atoms with E-state index >= 15 is 0 Å². The molecule has 1 aliphatic heterocycles. The van der Waals surface area contributed by atoms with Gasteiger partial charge in [-0.05, 0) is 37.3 Å². The first-order chi connectivity index (χ1) is 13.8. The Labute approximate surface area is 165 Å². The number of benzene rings is 1. The molecule has 29 heavy (non-hydrogen) atoms. The van der Waals surface area contributed by atoms with Crippen LogP contribution in [0.25, 0.3) is 0 Å². The number of ether oxygens (including phenoxy) is 1. The second-order valence-electron chi connectivity index (χ2n) is 6.48. The number of aromatic nitrogens is 1. The van der Waals surface area contributed by atoms with E-state index in [1.165, 1.54) is 23.2 Å². The van der Waals surface area contributed by atoms with Gasteiger partial charge in [0.15, 0.2) is 0 Å². The van der Waals surface area contributed by atoms with Crippen LogP contribution in [0.4, 0.5) is 19.0 Å². The predicted molar refractivity (Wildman–Crippen MR) is 99.8 cm³/mol. The fourth-order valence-corrected chi connectivity index (χ4v) is 3.06. The van der Waals surface area contributed by atoms with Crippen LogP contribution in [0.1, 0.15) is 33.2 Å². The van der Waals surface area contributed by atoms with Gasteiger partial charge in [0.1, 0.15) is 5.82 Å². The van der Waals surface area contributed by atoms with Gasteiger partial charge >= 0.3 is 12.1 Å². The molecule has 1 saturated heterocycles. The zero-order valence-electron chi connectivity index (χ0n) is 15.8. The molecule has 0 spiro atoms. The maximum absolute atomic E-state index is 12.9. The Bertz CT molecular complexity index is 877. The number of anilines is 1. The van der Waals surface area contributed by atoms with Crippen LogP contribution in [0.5, 0.6) is 0 Å². The van der Waals surface area contributed by atoms with Crippen LogP contribution in [0.15, 0.2) is 42.6 Å². The summed E-state index contributed by atoms with van der Waals surface area (Å²) in [5.41, 5.74) is -0.466. The molecule has 0 unspecified atom stereocenters. The van der Waals surface area contributed by atoms with Crippen LogP contribution in [-0.2, 0) is 10.9 Å². The highest BCUT2D eigenvalue weighted by Crippen LogP contribution is 2.30. The molecule has 0 aliphatic carbocycles.